The van der Waals surface area contributed by atoms with Gasteiger partial charge in [0.1, 0.15) is 0 Å². The Hall–Kier alpha value is -0.550. The molecular weight excluding hydrogens is 148 g/mol. The molecular formula is C10H18N2. The highest BCUT2D eigenvalue weighted by Gasteiger charge is 2.22. The Labute approximate surface area is 75.2 Å². The summed E-state index contributed by atoms with van der Waals surface area (Å²) in [6.07, 6.45) is 5.85. The molecule has 2 unspecified atom stereocenters. The lowest BCUT2D eigenvalue weighted by atomic mass is 9.84. The standard InChI is InChI=1S/C10H18N2/c1-12(2)10-5-3-4-9(8-10)6-7-11/h9-10H,3-6,8H2,1-2H3. The molecule has 0 aromatic heterocycles. The van der Waals surface area contributed by atoms with Gasteiger partial charge in [-0.2, -0.15) is 5.26 Å². The van der Waals surface area contributed by atoms with Crippen molar-refractivity contribution in [3.8, 4) is 6.07 Å². The molecule has 0 saturated heterocycles. The van der Waals surface area contributed by atoms with E-state index in [0.29, 0.717) is 5.92 Å². The average molecular weight is 166 g/mol. The first-order valence-electron chi connectivity index (χ1n) is 4.77. The third-order valence-corrected chi connectivity index (χ3v) is 2.87. The van der Waals surface area contributed by atoms with Crippen molar-refractivity contribution in [3.63, 3.8) is 0 Å². The summed E-state index contributed by atoms with van der Waals surface area (Å²) in [5.41, 5.74) is 0. The van der Waals surface area contributed by atoms with E-state index in [-0.39, 0.29) is 0 Å². The summed E-state index contributed by atoms with van der Waals surface area (Å²) < 4.78 is 0. The van der Waals surface area contributed by atoms with Crippen LogP contribution in [0.4, 0.5) is 0 Å². The third-order valence-electron chi connectivity index (χ3n) is 2.87. The lowest BCUT2D eigenvalue weighted by molar-refractivity contribution is 0.187. The predicted molar refractivity (Wildman–Crippen MR) is 49.7 cm³/mol. The molecule has 2 heteroatoms. The van der Waals surface area contributed by atoms with Crippen molar-refractivity contribution in [2.45, 2.75) is 38.1 Å². The predicted octanol–water partition coefficient (Wildman–Crippen LogP) is 2.02. The van der Waals surface area contributed by atoms with Crippen LogP contribution in [0, 0.1) is 17.2 Å². The van der Waals surface area contributed by atoms with Crippen molar-refractivity contribution in [2.24, 2.45) is 5.92 Å². The first-order valence-corrected chi connectivity index (χ1v) is 4.77. The second-order valence-corrected chi connectivity index (χ2v) is 4.01. The Morgan fingerprint density at radius 3 is 2.75 bits per heavy atom. The fourth-order valence-electron chi connectivity index (χ4n) is 2.05. The Kier molecular flexibility index (Phi) is 3.55. The summed E-state index contributed by atoms with van der Waals surface area (Å²) in [5.74, 6) is 0.663. The molecule has 0 aromatic rings. The average Bonchev–Trinajstić information content (AvgIpc) is 2.05. The van der Waals surface area contributed by atoms with Crippen molar-refractivity contribution in [3.05, 3.63) is 0 Å². The van der Waals surface area contributed by atoms with Gasteiger partial charge in [-0.25, -0.2) is 0 Å². The largest absolute Gasteiger partial charge is 0.306 e. The van der Waals surface area contributed by atoms with Gasteiger partial charge >= 0.3 is 0 Å². The third kappa shape index (κ3) is 2.49. The molecule has 2 atom stereocenters. The fraction of sp³-hybridized carbons (Fsp3) is 0.900. The molecule has 2 nitrogen and oxygen atoms in total. The van der Waals surface area contributed by atoms with Crippen molar-refractivity contribution in [1.82, 2.24) is 4.90 Å². The van der Waals surface area contributed by atoms with Crippen molar-refractivity contribution in [1.29, 1.82) is 5.26 Å². The number of rotatable bonds is 2. The lowest BCUT2D eigenvalue weighted by Gasteiger charge is -2.32. The molecule has 0 amide bonds. The van der Waals surface area contributed by atoms with E-state index in [9.17, 15) is 0 Å². The summed E-state index contributed by atoms with van der Waals surface area (Å²) in [6, 6.07) is 3.00. The first kappa shape index (κ1) is 9.54. The van der Waals surface area contributed by atoms with Gasteiger partial charge in [0.2, 0.25) is 0 Å². The molecule has 0 N–H and O–H groups in total. The van der Waals surface area contributed by atoms with Crippen LogP contribution in [-0.4, -0.2) is 25.0 Å². The summed E-state index contributed by atoms with van der Waals surface area (Å²) >= 11 is 0. The fourth-order valence-corrected chi connectivity index (χ4v) is 2.05. The van der Waals surface area contributed by atoms with Gasteiger partial charge in [0.25, 0.3) is 0 Å². The quantitative estimate of drug-likeness (QED) is 0.627. The number of nitriles is 1. The van der Waals surface area contributed by atoms with E-state index >= 15 is 0 Å². The van der Waals surface area contributed by atoms with Gasteiger partial charge < -0.3 is 4.90 Å². The summed E-state index contributed by atoms with van der Waals surface area (Å²) in [5, 5.41) is 8.58. The maximum atomic E-state index is 8.58. The van der Waals surface area contributed by atoms with Gasteiger partial charge in [-0.05, 0) is 39.3 Å². The Bertz CT molecular complexity index is 169. The molecule has 1 rings (SSSR count). The minimum absolute atomic E-state index is 0.663. The molecule has 1 aliphatic carbocycles. The maximum absolute atomic E-state index is 8.58. The van der Waals surface area contributed by atoms with Crippen LogP contribution in [-0.2, 0) is 0 Å². The number of hydrogen-bond acceptors (Lipinski definition) is 2. The molecule has 0 radical (unpaired) electrons. The number of nitrogens with zero attached hydrogens (tertiary/aromatic N) is 2. The molecule has 1 aliphatic rings. The van der Waals surface area contributed by atoms with E-state index in [4.69, 9.17) is 5.26 Å². The zero-order valence-corrected chi connectivity index (χ0v) is 8.08. The van der Waals surface area contributed by atoms with Gasteiger partial charge in [-0.3, -0.25) is 0 Å². The molecule has 0 spiro atoms. The topological polar surface area (TPSA) is 27.0 Å². The Morgan fingerprint density at radius 1 is 1.42 bits per heavy atom. The van der Waals surface area contributed by atoms with Crippen LogP contribution in [0.1, 0.15) is 32.1 Å². The van der Waals surface area contributed by atoms with Crippen LogP contribution in [0.2, 0.25) is 0 Å². The smallest absolute Gasteiger partial charge is 0.0624 e. The zero-order chi connectivity index (χ0) is 8.97. The van der Waals surface area contributed by atoms with Crippen LogP contribution >= 0.6 is 0 Å². The monoisotopic (exact) mass is 166 g/mol. The van der Waals surface area contributed by atoms with Crippen LogP contribution in [0.3, 0.4) is 0 Å². The highest BCUT2D eigenvalue weighted by molar-refractivity contribution is 4.83. The van der Waals surface area contributed by atoms with E-state index in [1.54, 1.807) is 0 Å². The molecule has 1 fully saturated rings. The molecule has 0 aromatic carbocycles. The first-order chi connectivity index (χ1) is 5.74. The van der Waals surface area contributed by atoms with Gasteiger partial charge in [-0.15, -0.1) is 0 Å². The number of hydrogen-bond donors (Lipinski definition) is 0. The van der Waals surface area contributed by atoms with Gasteiger partial charge in [0.15, 0.2) is 0 Å². The minimum atomic E-state index is 0.663. The molecule has 68 valence electrons. The van der Waals surface area contributed by atoms with Gasteiger partial charge in [0, 0.05) is 12.5 Å². The Balaban J connectivity index is 2.36. The molecule has 0 bridgehead atoms. The van der Waals surface area contributed by atoms with Crippen molar-refractivity contribution >= 4 is 0 Å². The van der Waals surface area contributed by atoms with E-state index in [1.807, 2.05) is 0 Å². The molecule has 1 saturated carbocycles. The van der Waals surface area contributed by atoms with Gasteiger partial charge in [-0.1, -0.05) is 6.42 Å². The van der Waals surface area contributed by atoms with Crippen LogP contribution in [0.25, 0.3) is 0 Å². The molecule has 0 aliphatic heterocycles. The molecule has 12 heavy (non-hydrogen) atoms. The van der Waals surface area contributed by atoms with Crippen LogP contribution < -0.4 is 0 Å². The summed E-state index contributed by atoms with van der Waals surface area (Å²) in [7, 11) is 4.28. The van der Waals surface area contributed by atoms with E-state index < -0.39 is 0 Å². The Morgan fingerprint density at radius 2 is 2.17 bits per heavy atom. The van der Waals surface area contributed by atoms with Crippen molar-refractivity contribution < 1.29 is 0 Å². The van der Waals surface area contributed by atoms with E-state index in [2.05, 4.69) is 25.1 Å². The maximum Gasteiger partial charge on any atom is 0.0624 e. The highest BCUT2D eigenvalue weighted by Crippen LogP contribution is 2.28. The summed E-state index contributed by atoms with van der Waals surface area (Å²) in [4.78, 5) is 2.30. The second-order valence-electron chi connectivity index (χ2n) is 4.01. The normalized spacial score (nSPS) is 30.2. The van der Waals surface area contributed by atoms with Crippen molar-refractivity contribution in [2.75, 3.05) is 14.1 Å². The molecule has 0 heterocycles. The van der Waals surface area contributed by atoms with Crippen LogP contribution in [0.5, 0.6) is 0 Å². The SMILES string of the molecule is CN(C)C1CCCC(CC#N)C1. The zero-order valence-electron chi connectivity index (χ0n) is 8.08. The lowest BCUT2D eigenvalue weighted by Crippen LogP contribution is -2.33. The van der Waals surface area contributed by atoms with E-state index in [1.165, 1.54) is 25.7 Å². The second kappa shape index (κ2) is 4.47. The van der Waals surface area contributed by atoms with E-state index in [0.717, 1.165) is 12.5 Å². The van der Waals surface area contributed by atoms with Crippen LogP contribution in [0.15, 0.2) is 0 Å². The highest BCUT2D eigenvalue weighted by atomic mass is 15.1. The summed E-state index contributed by atoms with van der Waals surface area (Å²) in [6.45, 7) is 0. The van der Waals surface area contributed by atoms with Gasteiger partial charge in [0.05, 0.1) is 6.07 Å². The minimum Gasteiger partial charge on any atom is -0.306 e.